The van der Waals surface area contributed by atoms with Crippen molar-refractivity contribution in [3.8, 4) is 11.5 Å². The van der Waals surface area contributed by atoms with E-state index < -0.39 is 20.8 Å². The van der Waals surface area contributed by atoms with E-state index in [0.29, 0.717) is 3.57 Å². The SMILES string of the molecule is O=[N+]([O-])c1ccc(Oc2c(Cl)cc(S(=O)(=O)Nc3ccc(F)cc3I)cc2Cl)c(Cl)c1. The summed E-state index contributed by atoms with van der Waals surface area (Å²) >= 11 is 20.1. The molecular formula is C18H9Cl3FIN2O5S. The lowest BCUT2D eigenvalue weighted by molar-refractivity contribution is -0.384. The van der Waals surface area contributed by atoms with Gasteiger partial charge in [0.1, 0.15) is 11.6 Å². The summed E-state index contributed by atoms with van der Waals surface area (Å²) < 4.78 is 46.9. The Hall–Kier alpha value is -1.86. The van der Waals surface area contributed by atoms with E-state index >= 15 is 0 Å². The van der Waals surface area contributed by atoms with Gasteiger partial charge in [-0.3, -0.25) is 14.8 Å². The standard InChI is InChI=1S/C18H9Cl3FIN2O5S/c19-12-6-10(25(26)27)2-4-17(12)30-18-13(20)7-11(8-14(18)21)31(28,29)24-16-3-1-9(22)5-15(16)23/h1-8,24H. The van der Waals surface area contributed by atoms with E-state index in [1.807, 2.05) is 0 Å². The van der Waals surface area contributed by atoms with Crippen molar-refractivity contribution in [2.45, 2.75) is 4.90 Å². The molecule has 0 radical (unpaired) electrons. The van der Waals surface area contributed by atoms with Gasteiger partial charge in [0, 0.05) is 15.7 Å². The molecule has 13 heteroatoms. The summed E-state index contributed by atoms with van der Waals surface area (Å²) in [5.74, 6) is -0.565. The van der Waals surface area contributed by atoms with E-state index in [2.05, 4.69) is 4.72 Å². The molecule has 31 heavy (non-hydrogen) atoms. The average molecular weight is 618 g/mol. The van der Waals surface area contributed by atoms with Gasteiger partial charge in [-0.15, -0.1) is 0 Å². The Morgan fingerprint density at radius 1 is 1.00 bits per heavy atom. The van der Waals surface area contributed by atoms with Gasteiger partial charge in [0.25, 0.3) is 15.7 Å². The monoisotopic (exact) mass is 616 g/mol. The third kappa shape index (κ3) is 5.50. The normalized spacial score (nSPS) is 11.3. The zero-order valence-corrected chi connectivity index (χ0v) is 20.1. The van der Waals surface area contributed by atoms with Crippen molar-refractivity contribution < 1.29 is 22.5 Å². The van der Waals surface area contributed by atoms with Gasteiger partial charge >= 0.3 is 0 Å². The van der Waals surface area contributed by atoms with Crippen molar-refractivity contribution in [1.29, 1.82) is 0 Å². The molecule has 0 aliphatic heterocycles. The summed E-state index contributed by atoms with van der Waals surface area (Å²) in [4.78, 5) is 9.93. The van der Waals surface area contributed by atoms with Crippen molar-refractivity contribution in [3.05, 3.63) is 83.1 Å². The van der Waals surface area contributed by atoms with Gasteiger partial charge < -0.3 is 4.74 Å². The van der Waals surface area contributed by atoms with Crippen molar-refractivity contribution in [3.63, 3.8) is 0 Å². The maximum absolute atomic E-state index is 13.2. The zero-order chi connectivity index (χ0) is 22.9. The molecule has 0 amide bonds. The molecule has 0 unspecified atom stereocenters. The smallest absolute Gasteiger partial charge is 0.271 e. The number of hydrogen-bond acceptors (Lipinski definition) is 5. The predicted molar refractivity (Wildman–Crippen MR) is 125 cm³/mol. The van der Waals surface area contributed by atoms with Crippen molar-refractivity contribution >= 4 is 78.8 Å². The molecule has 0 saturated heterocycles. The molecule has 0 fully saturated rings. The number of nitro benzene ring substituents is 1. The summed E-state index contributed by atoms with van der Waals surface area (Å²) in [6, 6.07) is 9.32. The first kappa shape index (κ1) is 23.8. The van der Waals surface area contributed by atoms with Gasteiger partial charge in [-0.2, -0.15) is 0 Å². The maximum Gasteiger partial charge on any atom is 0.271 e. The van der Waals surface area contributed by atoms with Gasteiger partial charge in [-0.1, -0.05) is 34.8 Å². The Bertz CT molecular complexity index is 1280. The van der Waals surface area contributed by atoms with Gasteiger partial charge in [-0.05, 0) is 59.0 Å². The quantitative estimate of drug-likeness (QED) is 0.185. The number of nitrogens with one attached hydrogen (secondary N) is 1. The largest absolute Gasteiger partial charge is 0.453 e. The molecule has 3 rings (SSSR count). The first-order valence-electron chi connectivity index (χ1n) is 8.06. The van der Waals surface area contributed by atoms with Crippen LogP contribution in [-0.2, 0) is 10.0 Å². The Morgan fingerprint density at radius 2 is 1.65 bits per heavy atom. The highest BCUT2D eigenvalue weighted by Gasteiger charge is 2.22. The minimum atomic E-state index is -4.11. The van der Waals surface area contributed by atoms with Gasteiger partial charge in [-0.25, -0.2) is 12.8 Å². The van der Waals surface area contributed by atoms with Crippen molar-refractivity contribution in [1.82, 2.24) is 0 Å². The van der Waals surface area contributed by atoms with Crippen LogP contribution in [0.3, 0.4) is 0 Å². The molecule has 0 saturated carbocycles. The second-order valence-electron chi connectivity index (χ2n) is 5.92. The highest BCUT2D eigenvalue weighted by Crippen LogP contribution is 2.41. The molecule has 3 aromatic carbocycles. The molecule has 0 spiro atoms. The molecule has 0 heterocycles. The lowest BCUT2D eigenvalue weighted by Gasteiger charge is -2.14. The minimum absolute atomic E-state index is 0.0330. The number of nitro groups is 1. The Morgan fingerprint density at radius 3 is 2.19 bits per heavy atom. The Balaban J connectivity index is 1.92. The molecule has 0 atom stereocenters. The van der Waals surface area contributed by atoms with Crippen LogP contribution in [0.2, 0.25) is 15.1 Å². The van der Waals surface area contributed by atoms with Crippen LogP contribution in [0, 0.1) is 19.5 Å². The van der Waals surface area contributed by atoms with Crippen LogP contribution < -0.4 is 9.46 Å². The van der Waals surface area contributed by atoms with Gasteiger partial charge in [0.15, 0.2) is 5.75 Å². The molecule has 0 bridgehead atoms. The topological polar surface area (TPSA) is 98.5 Å². The number of hydrogen-bond donors (Lipinski definition) is 1. The highest BCUT2D eigenvalue weighted by molar-refractivity contribution is 14.1. The first-order chi connectivity index (χ1) is 14.5. The van der Waals surface area contributed by atoms with Crippen LogP contribution in [0.4, 0.5) is 15.8 Å². The van der Waals surface area contributed by atoms with E-state index in [-0.39, 0.29) is 42.8 Å². The van der Waals surface area contributed by atoms with E-state index in [4.69, 9.17) is 39.5 Å². The van der Waals surface area contributed by atoms with Crippen LogP contribution in [0.1, 0.15) is 0 Å². The van der Waals surface area contributed by atoms with Gasteiger partial charge in [0.2, 0.25) is 0 Å². The molecule has 0 aliphatic rings. The third-order valence-corrected chi connectivity index (χ3v) is 6.89. The highest BCUT2D eigenvalue weighted by atomic mass is 127. The van der Waals surface area contributed by atoms with E-state index in [9.17, 15) is 22.9 Å². The number of non-ortho nitro benzene ring substituents is 1. The number of benzene rings is 3. The third-order valence-electron chi connectivity index (χ3n) is 3.80. The Labute approximate surface area is 204 Å². The number of ether oxygens (including phenoxy) is 1. The second-order valence-corrected chi connectivity index (χ2v) is 9.99. The number of nitrogens with zero attached hydrogens (tertiary/aromatic N) is 1. The molecule has 3 aromatic rings. The summed E-state index contributed by atoms with van der Waals surface area (Å²) in [7, 11) is -4.11. The fourth-order valence-electron chi connectivity index (χ4n) is 2.36. The van der Waals surface area contributed by atoms with Crippen LogP contribution >= 0.6 is 57.4 Å². The van der Waals surface area contributed by atoms with Crippen LogP contribution in [0.25, 0.3) is 0 Å². The Kier molecular flexibility index (Phi) is 7.16. The summed E-state index contributed by atoms with van der Waals surface area (Å²) in [5, 5.41) is 10.5. The van der Waals surface area contributed by atoms with Crippen LogP contribution in [0.15, 0.2) is 53.4 Å². The number of halogens is 5. The first-order valence-corrected chi connectivity index (χ1v) is 11.8. The fourth-order valence-corrected chi connectivity index (χ4v) is 5.19. The molecule has 1 N–H and O–H groups in total. The van der Waals surface area contributed by atoms with E-state index in [1.54, 1.807) is 22.6 Å². The maximum atomic E-state index is 13.2. The lowest BCUT2D eigenvalue weighted by atomic mass is 10.3. The average Bonchev–Trinajstić information content (AvgIpc) is 2.67. The van der Waals surface area contributed by atoms with Crippen LogP contribution in [0.5, 0.6) is 11.5 Å². The zero-order valence-electron chi connectivity index (χ0n) is 14.9. The second kappa shape index (κ2) is 9.33. The van der Waals surface area contributed by atoms with Gasteiger partial charge in [0.05, 0.1) is 30.6 Å². The fraction of sp³-hybridized carbons (Fsp3) is 0. The minimum Gasteiger partial charge on any atom is -0.453 e. The lowest BCUT2D eigenvalue weighted by Crippen LogP contribution is -2.14. The summed E-state index contributed by atoms with van der Waals surface area (Å²) in [6.07, 6.45) is 0. The summed E-state index contributed by atoms with van der Waals surface area (Å²) in [5.41, 5.74) is -0.0651. The summed E-state index contributed by atoms with van der Waals surface area (Å²) in [6.45, 7) is 0. The number of anilines is 1. The number of rotatable bonds is 6. The molecule has 7 nitrogen and oxygen atoms in total. The molecule has 162 valence electrons. The van der Waals surface area contributed by atoms with E-state index in [0.717, 1.165) is 24.3 Å². The molecular weight excluding hydrogens is 609 g/mol. The molecule has 0 aromatic heterocycles. The number of sulfonamides is 1. The van der Waals surface area contributed by atoms with Crippen LogP contribution in [-0.4, -0.2) is 13.3 Å². The van der Waals surface area contributed by atoms with E-state index in [1.165, 1.54) is 24.3 Å². The molecule has 0 aliphatic carbocycles. The van der Waals surface area contributed by atoms with Crippen molar-refractivity contribution in [2.75, 3.05) is 4.72 Å². The van der Waals surface area contributed by atoms with Crippen molar-refractivity contribution in [2.24, 2.45) is 0 Å². The predicted octanol–water partition coefficient (Wildman–Crippen LogP) is 6.89.